The summed E-state index contributed by atoms with van der Waals surface area (Å²) in [4.78, 5) is 26.0. The summed E-state index contributed by atoms with van der Waals surface area (Å²) < 4.78 is 6.75. The van der Waals surface area contributed by atoms with E-state index in [1.165, 1.54) is 0 Å². The number of oxazole rings is 1. The monoisotopic (exact) mass is 339 g/mol. The van der Waals surface area contributed by atoms with Crippen molar-refractivity contribution in [2.24, 2.45) is 0 Å². The molecule has 0 unspecified atom stereocenters. The fourth-order valence-electron chi connectivity index (χ4n) is 2.69. The van der Waals surface area contributed by atoms with Gasteiger partial charge in [-0.25, -0.2) is 4.79 Å². The minimum absolute atomic E-state index is 0.0709. The third-order valence-corrected chi connectivity index (χ3v) is 4.03. The molecular formula is C19H21N3O3. The van der Waals surface area contributed by atoms with Gasteiger partial charge in [0, 0.05) is 38.4 Å². The predicted octanol–water partition coefficient (Wildman–Crippen LogP) is 3.08. The number of aryl methyl sites for hydroxylation is 1. The third kappa shape index (κ3) is 3.91. The van der Waals surface area contributed by atoms with Gasteiger partial charge < -0.3 is 14.6 Å². The van der Waals surface area contributed by atoms with Gasteiger partial charge in [-0.05, 0) is 42.8 Å². The van der Waals surface area contributed by atoms with E-state index < -0.39 is 0 Å². The van der Waals surface area contributed by atoms with E-state index in [0.29, 0.717) is 25.0 Å². The average molecular weight is 339 g/mol. The summed E-state index contributed by atoms with van der Waals surface area (Å²) in [6, 6.07) is 14.9. The number of nitrogens with zero attached hydrogens (tertiary/aromatic N) is 2. The second-order valence-corrected chi connectivity index (χ2v) is 6.08. The van der Waals surface area contributed by atoms with Crippen LogP contribution in [0, 0.1) is 0 Å². The summed E-state index contributed by atoms with van der Waals surface area (Å²) in [5, 5.41) is 2.87. The number of aromatic nitrogens is 1. The number of anilines is 2. The molecule has 2 aromatic carbocycles. The largest absolute Gasteiger partial charge is 0.419 e. The molecule has 6 nitrogen and oxygen atoms in total. The quantitative estimate of drug-likeness (QED) is 0.749. The fourth-order valence-corrected chi connectivity index (χ4v) is 2.69. The van der Waals surface area contributed by atoms with Crippen LogP contribution >= 0.6 is 0 Å². The second kappa shape index (κ2) is 7.25. The molecule has 0 aliphatic rings. The van der Waals surface area contributed by atoms with Crippen molar-refractivity contribution in [2.45, 2.75) is 19.4 Å². The van der Waals surface area contributed by atoms with Gasteiger partial charge in [-0.3, -0.25) is 9.36 Å². The smallest absolute Gasteiger partial charge is 0.408 e. The Morgan fingerprint density at radius 2 is 1.84 bits per heavy atom. The van der Waals surface area contributed by atoms with E-state index in [-0.39, 0.29) is 11.7 Å². The lowest BCUT2D eigenvalue weighted by molar-refractivity contribution is -0.116. The van der Waals surface area contributed by atoms with Gasteiger partial charge in [0.25, 0.3) is 0 Å². The predicted molar refractivity (Wildman–Crippen MR) is 99.1 cm³/mol. The molecule has 130 valence electrons. The van der Waals surface area contributed by atoms with Crippen LogP contribution in [0.15, 0.2) is 57.7 Å². The van der Waals surface area contributed by atoms with Crippen LogP contribution in [0.2, 0.25) is 0 Å². The van der Waals surface area contributed by atoms with E-state index >= 15 is 0 Å². The number of rotatable bonds is 6. The minimum atomic E-state index is -0.388. The van der Waals surface area contributed by atoms with Gasteiger partial charge >= 0.3 is 5.76 Å². The molecule has 0 radical (unpaired) electrons. The Morgan fingerprint density at radius 3 is 2.56 bits per heavy atom. The van der Waals surface area contributed by atoms with Crippen LogP contribution in [0.4, 0.5) is 11.4 Å². The topological polar surface area (TPSA) is 67.5 Å². The molecule has 1 heterocycles. The van der Waals surface area contributed by atoms with Crippen molar-refractivity contribution < 1.29 is 9.21 Å². The number of benzene rings is 2. The number of para-hydroxylation sites is 2. The maximum atomic E-state index is 12.1. The van der Waals surface area contributed by atoms with Gasteiger partial charge in [0.1, 0.15) is 0 Å². The molecule has 0 saturated heterocycles. The van der Waals surface area contributed by atoms with Crippen LogP contribution in [0.5, 0.6) is 0 Å². The molecule has 0 aliphatic carbocycles. The highest BCUT2D eigenvalue weighted by molar-refractivity contribution is 5.90. The lowest BCUT2D eigenvalue weighted by Crippen LogP contribution is -2.17. The highest BCUT2D eigenvalue weighted by Crippen LogP contribution is 2.16. The van der Waals surface area contributed by atoms with E-state index in [1.54, 1.807) is 10.6 Å². The van der Waals surface area contributed by atoms with Gasteiger partial charge in [-0.15, -0.1) is 0 Å². The number of nitrogens with one attached hydrogen (secondary N) is 1. The molecule has 0 saturated carbocycles. The molecule has 0 aliphatic heterocycles. The van der Waals surface area contributed by atoms with Crippen molar-refractivity contribution in [3.63, 3.8) is 0 Å². The van der Waals surface area contributed by atoms with Crippen LogP contribution in [-0.2, 0) is 11.3 Å². The molecule has 0 atom stereocenters. The van der Waals surface area contributed by atoms with Crippen LogP contribution in [0.25, 0.3) is 11.1 Å². The first kappa shape index (κ1) is 16.8. The molecule has 3 rings (SSSR count). The van der Waals surface area contributed by atoms with Crippen molar-refractivity contribution in [2.75, 3.05) is 24.3 Å². The molecule has 3 aromatic rings. The summed E-state index contributed by atoms with van der Waals surface area (Å²) >= 11 is 0. The van der Waals surface area contributed by atoms with Crippen molar-refractivity contribution in [3.05, 3.63) is 59.1 Å². The molecule has 1 aromatic heterocycles. The lowest BCUT2D eigenvalue weighted by atomic mass is 10.2. The zero-order valence-electron chi connectivity index (χ0n) is 14.4. The number of carbonyl (C=O) groups is 1. The molecule has 0 bridgehead atoms. The minimum Gasteiger partial charge on any atom is -0.408 e. The van der Waals surface area contributed by atoms with Gasteiger partial charge in [0.15, 0.2) is 5.58 Å². The zero-order valence-corrected chi connectivity index (χ0v) is 14.4. The highest BCUT2D eigenvalue weighted by atomic mass is 16.4. The molecule has 1 amide bonds. The normalized spacial score (nSPS) is 10.8. The molecule has 0 fully saturated rings. The van der Waals surface area contributed by atoms with E-state index in [1.807, 2.05) is 61.5 Å². The zero-order chi connectivity index (χ0) is 17.8. The first-order valence-corrected chi connectivity index (χ1v) is 8.20. The highest BCUT2D eigenvalue weighted by Gasteiger charge is 2.09. The standard InChI is InChI=1S/C19H21N3O3/c1-21(2)15-11-9-14(10-12-15)20-18(23)8-5-13-22-16-6-3-4-7-17(16)25-19(22)24/h3-4,6-7,9-12H,5,8,13H2,1-2H3,(H,20,23). The second-order valence-electron chi connectivity index (χ2n) is 6.08. The van der Waals surface area contributed by atoms with Gasteiger partial charge in [-0.1, -0.05) is 12.1 Å². The summed E-state index contributed by atoms with van der Waals surface area (Å²) in [6.45, 7) is 0.447. The Bertz CT molecular complexity index is 923. The van der Waals surface area contributed by atoms with Gasteiger partial charge in [-0.2, -0.15) is 0 Å². The number of fused-ring (bicyclic) bond motifs is 1. The number of amides is 1. The van der Waals surface area contributed by atoms with E-state index in [0.717, 1.165) is 16.9 Å². The van der Waals surface area contributed by atoms with Crippen LogP contribution < -0.4 is 16.0 Å². The lowest BCUT2D eigenvalue weighted by Gasteiger charge is -2.13. The molecule has 25 heavy (non-hydrogen) atoms. The summed E-state index contributed by atoms with van der Waals surface area (Å²) in [6.07, 6.45) is 0.895. The maximum Gasteiger partial charge on any atom is 0.419 e. The third-order valence-electron chi connectivity index (χ3n) is 4.03. The molecule has 1 N–H and O–H groups in total. The van der Waals surface area contributed by atoms with Crippen LogP contribution in [-0.4, -0.2) is 24.6 Å². The summed E-state index contributed by atoms with van der Waals surface area (Å²) in [5.74, 6) is -0.459. The van der Waals surface area contributed by atoms with Gasteiger partial charge in [0.05, 0.1) is 5.52 Å². The van der Waals surface area contributed by atoms with E-state index in [2.05, 4.69) is 5.32 Å². The molecular weight excluding hydrogens is 318 g/mol. The number of hydrogen-bond donors (Lipinski definition) is 1. The Balaban J connectivity index is 1.55. The Labute approximate surface area is 145 Å². The molecule has 6 heteroatoms. The van der Waals surface area contributed by atoms with Crippen LogP contribution in [0.1, 0.15) is 12.8 Å². The maximum absolute atomic E-state index is 12.1. The summed E-state index contributed by atoms with van der Waals surface area (Å²) in [5.41, 5.74) is 3.16. The summed E-state index contributed by atoms with van der Waals surface area (Å²) in [7, 11) is 3.93. The van der Waals surface area contributed by atoms with Crippen molar-refractivity contribution in [1.82, 2.24) is 4.57 Å². The Kier molecular flexibility index (Phi) is 4.88. The average Bonchev–Trinajstić information content (AvgIpc) is 2.91. The Morgan fingerprint density at radius 1 is 1.12 bits per heavy atom. The first-order valence-electron chi connectivity index (χ1n) is 8.20. The van der Waals surface area contributed by atoms with Crippen molar-refractivity contribution in [3.8, 4) is 0 Å². The van der Waals surface area contributed by atoms with E-state index in [4.69, 9.17) is 4.42 Å². The van der Waals surface area contributed by atoms with Crippen molar-refractivity contribution in [1.29, 1.82) is 0 Å². The number of carbonyl (C=O) groups excluding carboxylic acids is 1. The first-order chi connectivity index (χ1) is 12.0. The SMILES string of the molecule is CN(C)c1ccc(NC(=O)CCCn2c(=O)oc3ccccc32)cc1. The Hall–Kier alpha value is -3.02. The fraction of sp³-hybridized carbons (Fsp3) is 0.263. The van der Waals surface area contributed by atoms with Gasteiger partial charge in [0.2, 0.25) is 5.91 Å². The van der Waals surface area contributed by atoms with Crippen molar-refractivity contribution >= 4 is 28.4 Å². The van der Waals surface area contributed by atoms with Crippen LogP contribution in [0.3, 0.4) is 0 Å². The molecule has 0 spiro atoms. The number of hydrogen-bond acceptors (Lipinski definition) is 4. The van der Waals surface area contributed by atoms with E-state index in [9.17, 15) is 9.59 Å².